The summed E-state index contributed by atoms with van der Waals surface area (Å²) in [5.74, 6) is 0.00847. The second kappa shape index (κ2) is 10.4. The maximum atomic E-state index is 11.5. The Labute approximate surface area is 120 Å². The van der Waals surface area contributed by atoms with Crippen molar-refractivity contribution in [2.45, 2.75) is 19.6 Å². The lowest BCUT2D eigenvalue weighted by Gasteiger charge is -2.08. The van der Waals surface area contributed by atoms with Gasteiger partial charge in [0.15, 0.2) is 0 Å². The fraction of sp³-hybridized carbons (Fsp3) is 0.533. The van der Waals surface area contributed by atoms with Crippen LogP contribution in [-0.2, 0) is 27.4 Å². The van der Waals surface area contributed by atoms with E-state index in [1.54, 1.807) is 14.2 Å². The van der Waals surface area contributed by atoms with Gasteiger partial charge in [-0.05, 0) is 17.5 Å². The Bertz CT molecular complexity index is 396. The highest BCUT2D eigenvalue weighted by atomic mass is 16.5. The summed E-state index contributed by atoms with van der Waals surface area (Å²) in [6, 6.07) is 8.13. The number of rotatable bonds is 10. The Hall–Kier alpha value is -1.43. The summed E-state index contributed by atoms with van der Waals surface area (Å²) in [5, 5.41) is 5.96. The Morgan fingerprint density at radius 1 is 1.20 bits per heavy atom. The van der Waals surface area contributed by atoms with Gasteiger partial charge in [0.2, 0.25) is 5.91 Å². The third-order valence-corrected chi connectivity index (χ3v) is 2.76. The number of nitrogens with one attached hydrogen (secondary N) is 2. The number of ether oxygens (including phenoxy) is 2. The summed E-state index contributed by atoms with van der Waals surface area (Å²) >= 11 is 0. The zero-order valence-electron chi connectivity index (χ0n) is 12.3. The van der Waals surface area contributed by atoms with Gasteiger partial charge in [0.25, 0.3) is 0 Å². The van der Waals surface area contributed by atoms with Crippen LogP contribution in [0.4, 0.5) is 0 Å². The Kier molecular flexibility index (Phi) is 8.62. The van der Waals surface area contributed by atoms with Crippen molar-refractivity contribution in [1.82, 2.24) is 10.6 Å². The average molecular weight is 280 g/mol. The number of benzene rings is 1. The fourth-order valence-electron chi connectivity index (χ4n) is 1.82. The van der Waals surface area contributed by atoms with Gasteiger partial charge in [-0.1, -0.05) is 24.3 Å². The molecule has 0 fully saturated rings. The molecular weight excluding hydrogens is 256 g/mol. The normalized spacial score (nSPS) is 10.5. The zero-order chi connectivity index (χ0) is 14.6. The summed E-state index contributed by atoms with van der Waals surface area (Å²) in [6.45, 7) is 2.91. The molecule has 0 bridgehead atoms. The molecule has 0 atom stereocenters. The second-order valence-electron chi connectivity index (χ2n) is 4.55. The van der Waals surface area contributed by atoms with Gasteiger partial charge in [-0.2, -0.15) is 0 Å². The fourth-order valence-corrected chi connectivity index (χ4v) is 1.82. The summed E-state index contributed by atoms with van der Waals surface area (Å²) in [6.07, 6.45) is 0.835. The SMILES string of the molecule is COCCCNC(=O)CNCc1cccc(COC)c1. The van der Waals surface area contributed by atoms with Gasteiger partial charge in [0.1, 0.15) is 0 Å². The standard InChI is InChI=1S/C15H24N2O3/c1-19-8-4-7-17-15(18)11-16-10-13-5-3-6-14(9-13)12-20-2/h3,5-6,9,16H,4,7-8,10-12H2,1-2H3,(H,17,18). The molecule has 2 N–H and O–H groups in total. The van der Waals surface area contributed by atoms with Crippen LogP contribution in [0, 0.1) is 0 Å². The molecule has 0 saturated heterocycles. The molecule has 0 aliphatic carbocycles. The lowest BCUT2D eigenvalue weighted by atomic mass is 10.1. The van der Waals surface area contributed by atoms with Gasteiger partial charge < -0.3 is 20.1 Å². The number of carbonyl (C=O) groups is 1. The van der Waals surface area contributed by atoms with Gasteiger partial charge in [0.05, 0.1) is 13.2 Å². The van der Waals surface area contributed by atoms with Crippen LogP contribution in [0.3, 0.4) is 0 Å². The highest BCUT2D eigenvalue weighted by Crippen LogP contribution is 2.05. The lowest BCUT2D eigenvalue weighted by molar-refractivity contribution is -0.120. The predicted octanol–water partition coefficient (Wildman–Crippen LogP) is 1.08. The molecule has 0 radical (unpaired) electrons. The Balaban J connectivity index is 2.19. The summed E-state index contributed by atoms with van der Waals surface area (Å²) in [7, 11) is 3.33. The van der Waals surface area contributed by atoms with Crippen LogP contribution >= 0.6 is 0 Å². The van der Waals surface area contributed by atoms with E-state index in [9.17, 15) is 4.79 Å². The molecule has 0 unspecified atom stereocenters. The van der Waals surface area contributed by atoms with Gasteiger partial charge in [-0.25, -0.2) is 0 Å². The predicted molar refractivity (Wildman–Crippen MR) is 78.4 cm³/mol. The van der Waals surface area contributed by atoms with Crippen molar-refractivity contribution in [2.24, 2.45) is 0 Å². The molecule has 1 amide bonds. The molecule has 0 heterocycles. The molecule has 0 aliphatic rings. The molecule has 1 rings (SSSR count). The van der Waals surface area contributed by atoms with E-state index in [4.69, 9.17) is 9.47 Å². The molecule has 20 heavy (non-hydrogen) atoms. The Morgan fingerprint density at radius 3 is 2.75 bits per heavy atom. The monoisotopic (exact) mass is 280 g/mol. The van der Waals surface area contributed by atoms with Crippen molar-refractivity contribution in [2.75, 3.05) is 33.9 Å². The third-order valence-electron chi connectivity index (χ3n) is 2.76. The first kappa shape index (κ1) is 16.6. The first-order valence-electron chi connectivity index (χ1n) is 6.79. The molecule has 0 aliphatic heterocycles. The second-order valence-corrected chi connectivity index (χ2v) is 4.55. The maximum absolute atomic E-state index is 11.5. The quantitative estimate of drug-likeness (QED) is 0.630. The van der Waals surface area contributed by atoms with E-state index >= 15 is 0 Å². The van der Waals surface area contributed by atoms with Crippen molar-refractivity contribution in [1.29, 1.82) is 0 Å². The van der Waals surface area contributed by atoms with Crippen molar-refractivity contribution in [3.8, 4) is 0 Å². The molecule has 5 heteroatoms. The van der Waals surface area contributed by atoms with Gasteiger partial charge >= 0.3 is 0 Å². The van der Waals surface area contributed by atoms with Gasteiger partial charge in [-0.15, -0.1) is 0 Å². The number of hydrogen-bond donors (Lipinski definition) is 2. The smallest absolute Gasteiger partial charge is 0.233 e. The molecule has 5 nitrogen and oxygen atoms in total. The van der Waals surface area contributed by atoms with E-state index in [0.717, 1.165) is 17.5 Å². The van der Waals surface area contributed by atoms with Crippen LogP contribution in [0.2, 0.25) is 0 Å². The van der Waals surface area contributed by atoms with Crippen molar-refractivity contribution in [3.05, 3.63) is 35.4 Å². The average Bonchev–Trinajstić information content (AvgIpc) is 2.44. The first-order valence-corrected chi connectivity index (χ1v) is 6.79. The minimum Gasteiger partial charge on any atom is -0.385 e. The maximum Gasteiger partial charge on any atom is 0.233 e. The summed E-state index contributed by atoms with van der Waals surface area (Å²) < 4.78 is 10.0. The minimum atomic E-state index is 0.00847. The van der Waals surface area contributed by atoms with Crippen LogP contribution in [0.5, 0.6) is 0 Å². The minimum absolute atomic E-state index is 0.00847. The van der Waals surface area contributed by atoms with Gasteiger partial charge in [0, 0.05) is 33.9 Å². The van der Waals surface area contributed by atoms with E-state index in [-0.39, 0.29) is 5.91 Å². The third kappa shape index (κ3) is 7.23. The van der Waals surface area contributed by atoms with Crippen molar-refractivity contribution >= 4 is 5.91 Å². The molecule has 0 saturated carbocycles. The van der Waals surface area contributed by atoms with Crippen LogP contribution in [-0.4, -0.2) is 39.8 Å². The number of hydrogen-bond acceptors (Lipinski definition) is 4. The highest BCUT2D eigenvalue weighted by molar-refractivity contribution is 5.77. The molecule has 0 aromatic heterocycles. The largest absolute Gasteiger partial charge is 0.385 e. The topological polar surface area (TPSA) is 59.6 Å². The molecule has 1 aromatic carbocycles. The van der Waals surface area contributed by atoms with Gasteiger partial charge in [-0.3, -0.25) is 4.79 Å². The number of carbonyl (C=O) groups excluding carboxylic acids is 1. The van der Waals surface area contributed by atoms with E-state index in [0.29, 0.717) is 32.8 Å². The Morgan fingerprint density at radius 2 is 2.00 bits per heavy atom. The van der Waals surface area contributed by atoms with Crippen molar-refractivity contribution in [3.63, 3.8) is 0 Å². The van der Waals surface area contributed by atoms with Crippen LogP contribution in [0.25, 0.3) is 0 Å². The molecule has 1 aromatic rings. The number of amides is 1. The summed E-state index contributed by atoms with van der Waals surface area (Å²) in [4.78, 5) is 11.5. The molecule has 0 spiro atoms. The molecule has 112 valence electrons. The van der Waals surface area contributed by atoms with E-state index in [2.05, 4.69) is 16.7 Å². The first-order chi connectivity index (χ1) is 9.76. The number of methoxy groups -OCH3 is 2. The highest BCUT2D eigenvalue weighted by Gasteiger charge is 2.01. The molecular formula is C15H24N2O3. The van der Waals surface area contributed by atoms with Crippen LogP contribution in [0.15, 0.2) is 24.3 Å². The van der Waals surface area contributed by atoms with E-state index in [1.807, 2.05) is 18.2 Å². The van der Waals surface area contributed by atoms with E-state index < -0.39 is 0 Å². The van der Waals surface area contributed by atoms with E-state index in [1.165, 1.54) is 0 Å². The van der Waals surface area contributed by atoms with Crippen molar-refractivity contribution < 1.29 is 14.3 Å². The zero-order valence-corrected chi connectivity index (χ0v) is 12.3. The van der Waals surface area contributed by atoms with Crippen LogP contribution in [0.1, 0.15) is 17.5 Å². The summed E-state index contributed by atoms with van der Waals surface area (Å²) in [5.41, 5.74) is 2.28. The lowest BCUT2D eigenvalue weighted by Crippen LogP contribution is -2.34. The van der Waals surface area contributed by atoms with Crippen LogP contribution < -0.4 is 10.6 Å².